The molecule has 0 heterocycles. The van der Waals surface area contributed by atoms with E-state index in [-0.39, 0.29) is 6.10 Å². The lowest BCUT2D eigenvalue weighted by molar-refractivity contribution is -0.170. The summed E-state index contributed by atoms with van der Waals surface area (Å²) in [5.74, 6) is 0.0142. The first-order chi connectivity index (χ1) is 8.99. The maximum Gasteiger partial charge on any atom is 0.347 e. The van der Waals surface area contributed by atoms with Crippen LogP contribution in [0, 0.1) is 11.8 Å². The molecule has 4 heteroatoms. The molecule has 0 aromatic heterocycles. The van der Waals surface area contributed by atoms with Gasteiger partial charge in [0.2, 0.25) is 0 Å². The topological polar surface area (TPSA) is 52.6 Å². The molecule has 0 radical (unpaired) electrons. The Labute approximate surface area is 114 Å². The van der Waals surface area contributed by atoms with E-state index >= 15 is 0 Å². The van der Waals surface area contributed by atoms with Gasteiger partial charge in [0.1, 0.15) is 6.10 Å². The Hall–Kier alpha value is -1.32. The van der Waals surface area contributed by atoms with Crippen molar-refractivity contribution in [2.75, 3.05) is 0 Å². The van der Waals surface area contributed by atoms with Gasteiger partial charge in [-0.2, -0.15) is 0 Å². The summed E-state index contributed by atoms with van der Waals surface area (Å²) >= 11 is 0. The van der Waals surface area contributed by atoms with Gasteiger partial charge >= 0.3 is 11.9 Å². The van der Waals surface area contributed by atoms with Gasteiger partial charge in [0.25, 0.3) is 0 Å². The van der Waals surface area contributed by atoms with Crippen molar-refractivity contribution < 1.29 is 19.1 Å². The highest BCUT2D eigenvalue weighted by Crippen LogP contribution is 2.46. The van der Waals surface area contributed by atoms with E-state index in [0.29, 0.717) is 11.8 Å². The zero-order valence-corrected chi connectivity index (χ0v) is 11.7. The summed E-state index contributed by atoms with van der Waals surface area (Å²) in [6.45, 7) is 6.95. The fraction of sp³-hybridized carbons (Fsp3) is 0.733. The summed E-state index contributed by atoms with van der Waals surface area (Å²) in [6, 6.07) is 0. The molecule has 0 bridgehead atoms. The van der Waals surface area contributed by atoms with E-state index in [0.717, 1.165) is 19.3 Å². The van der Waals surface area contributed by atoms with Gasteiger partial charge in [-0.1, -0.05) is 25.0 Å². The van der Waals surface area contributed by atoms with E-state index in [1.165, 1.54) is 25.3 Å². The Morgan fingerprint density at radius 2 is 2.00 bits per heavy atom. The van der Waals surface area contributed by atoms with E-state index in [9.17, 15) is 9.59 Å². The molecule has 0 spiro atoms. The van der Waals surface area contributed by atoms with Crippen molar-refractivity contribution in [1.82, 2.24) is 0 Å². The number of hydrogen-bond acceptors (Lipinski definition) is 4. The van der Waals surface area contributed by atoms with Gasteiger partial charge < -0.3 is 9.47 Å². The smallest absolute Gasteiger partial charge is 0.347 e. The normalized spacial score (nSPS) is 31.5. The quantitative estimate of drug-likeness (QED) is 0.582. The minimum Gasteiger partial charge on any atom is -0.459 e. The predicted molar refractivity (Wildman–Crippen MR) is 70.3 cm³/mol. The standard InChI is InChI=1S/C15H22O4/c1-9-8-14(13-7-5-4-6-12(9)13)19-15(17)10(2)18-11(3)16/h10,12-14H,1,4-8H2,2-3H3/t10-,12-,13-,14-/m0/s1. The lowest BCUT2D eigenvalue weighted by Crippen LogP contribution is -2.33. The average molecular weight is 266 g/mol. The van der Waals surface area contributed by atoms with Crippen LogP contribution in [0.5, 0.6) is 0 Å². The van der Waals surface area contributed by atoms with Crippen LogP contribution in [0.1, 0.15) is 46.0 Å². The van der Waals surface area contributed by atoms with Crippen LogP contribution in [-0.4, -0.2) is 24.1 Å². The molecule has 2 rings (SSSR count). The molecular weight excluding hydrogens is 244 g/mol. The summed E-state index contributed by atoms with van der Waals surface area (Å²) < 4.78 is 10.4. The van der Waals surface area contributed by atoms with Gasteiger partial charge in [-0.25, -0.2) is 4.79 Å². The van der Waals surface area contributed by atoms with Crippen LogP contribution in [0.3, 0.4) is 0 Å². The van der Waals surface area contributed by atoms with Gasteiger partial charge in [0.15, 0.2) is 6.10 Å². The van der Waals surface area contributed by atoms with Crippen LogP contribution in [0.15, 0.2) is 12.2 Å². The minimum atomic E-state index is -0.826. The van der Waals surface area contributed by atoms with Crippen molar-refractivity contribution in [3.63, 3.8) is 0 Å². The molecule has 0 N–H and O–H groups in total. The van der Waals surface area contributed by atoms with Crippen LogP contribution < -0.4 is 0 Å². The molecule has 2 fully saturated rings. The number of carbonyl (C=O) groups excluding carboxylic acids is 2. The third-order valence-corrected chi connectivity index (χ3v) is 4.23. The third-order valence-electron chi connectivity index (χ3n) is 4.23. The zero-order valence-electron chi connectivity index (χ0n) is 11.7. The van der Waals surface area contributed by atoms with E-state index in [4.69, 9.17) is 9.47 Å². The molecule has 0 aliphatic heterocycles. The minimum absolute atomic E-state index is 0.0803. The summed E-state index contributed by atoms with van der Waals surface area (Å²) in [4.78, 5) is 22.7. The molecule has 0 amide bonds. The first-order valence-corrected chi connectivity index (χ1v) is 7.04. The molecule has 106 valence electrons. The van der Waals surface area contributed by atoms with Gasteiger partial charge in [0, 0.05) is 19.3 Å². The molecule has 0 aromatic rings. The Morgan fingerprint density at radius 3 is 2.68 bits per heavy atom. The fourth-order valence-corrected chi connectivity index (χ4v) is 3.34. The van der Waals surface area contributed by atoms with Gasteiger partial charge in [-0.3, -0.25) is 4.79 Å². The second-order valence-corrected chi connectivity index (χ2v) is 5.64. The fourth-order valence-electron chi connectivity index (χ4n) is 3.34. The molecule has 0 unspecified atom stereocenters. The number of esters is 2. The number of ether oxygens (including phenoxy) is 2. The van der Waals surface area contributed by atoms with Crippen molar-refractivity contribution in [2.45, 2.75) is 58.2 Å². The van der Waals surface area contributed by atoms with Crippen LogP contribution in [0.2, 0.25) is 0 Å². The van der Waals surface area contributed by atoms with Crippen LogP contribution >= 0.6 is 0 Å². The molecule has 4 nitrogen and oxygen atoms in total. The van der Waals surface area contributed by atoms with E-state index in [2.05, 4.69) is 6.58 Å². The molecule has 2 aliphatic rings. The van der Waals surface area contributed by atoms with Crippen molar-refractivity contribution in [1.29, 1.82) is 0 Å². The highest BCUT2D eigenvalue weighted by Gasteiger charge is 2.42. The summed E-state index contributed by atoms with van der Waals surface area (Å²) in [5.41, 5.74) is 1.21. The first-order valence-electron chi connectivity index (χ1n) is 7.04. The number of hydrogen-bond donors (Lipinski definition) is 0. The maximum absolute atomic E-state index is 11.9. The van der Waals surface area contributed by atoms with Gasteiger partial charge in [-0.15, -0.1) is 0 Å². The highest BCUT2D eigenvalue weighted by atomic mass is 16.6. The van der Waals surface area contributed by atoms with Crippen molar-refractivity contribution in [2.24, 2.45) is 11.8 Å². The maximum atomic E-state index is 11.9. The van der Waals surface area contributed by atoms with E-state index < -0.39 is 18.0 Å². The van der Waals surface area contributed by atoms with Crippen LogP contribution in [-0.2, 0) is 19.1 Å². The molecule has 2 saturated carbocycles. The van der Waals surface area contributed by atoms with Crippen molar-refractivity contribution >= 4 is 11.9 Å². The molecule has 19 heavy (non-hydrogen) atoms. The molecule has 0 aromatic carbocycles. The molecular formula is C15H22O4. The number of carbonyl (C=O) groups is 2. The number of rotatable bonds is 3. The second kappa shape index (κ2) is 5.76. The van der Waals surface area contributed by atoms with Gasteiger partial charge in [-0.05, 0) is 25.7 Å². The molecule has 0 saturated heterocycles. The van der Waals surface area contributed by atoms with Crippen LogP contribution in [0.25, 0.3) is 0 Å². The largest absolute Gasteiger partial charge is 0.459 e. The average Bonchev–Trinajstić information content (AvgIpc) is 2.66. The van der Waals surface area contributed by atoms with E-state index in [1.54, 1.807) is 6.92 Å². The summed E-state index contributed by atoms with van der Waals surface area (Å²) in [7, 11) is 0. The summed E-state index contributed by atoms with van der Waals surface area (Å²) in [5, 5.41) is 0. The van der Waals surface area contributed by atoms with Gasteiger partial charge in [0.05, 0.1) is 0 Å². The van der Waals surface area contributed by atoms with E-state index in [1.807, 2.05) is 0 Å². The zero-order chi connectivity index (χ0) is 14.0. The highest BCUT2D eigenvalue weighted by molar-refractivity contribution is 5.78. The SMILES string of the molecule is C=C1C[C@H](OC(=O)[C@H](C)OC(C)=O)[C@H]2CCCC[C@@H]12. The Kier molecular flexibility index (Phi) is 4.27. The predicted octanol–water partition coefficient (Wildman–Crippen LogP) is 2.62. The Balaban J connectivity index is 1.93. The van der Waals surface area contributed by atoms with Crippen molar-refractivity contribution in [3.8, 4) is 0 Å². The lowest BCUT2D eigenvalue weighted by Gasteiger charge is -2.29. The number of fused-ring (bicyclic) bond motifs is 1. The Morgan fingerprint density at radius 1 is 1.32 bits per heavy atom. The summed E-state index contributed by atoms with van der Waals surface area (Å²) in [6.07, 6.45) is 4.55. The molecule has 4 atom stereocenters. The first kappa shape index (κ1) is 14.1. The van der Waals surface area contributed by atoms with Crippen molar-refractivity contribution in [3.05, 3.63) is 12.2 Å². The Bertz CT molecular complexity index is 388. The molecule has 2 aliphatic carbocycles. The third kappa shape index (κ3) is 3.17. The monoisotopic (exact) mass is 266 g/mol. The van der Waals surface area contributed by atoms with Crippen LogP contribution in [0.4, 0.5) is 0 Å². The second-order valence-electron chi connectivity index (χ2n) is 5.64. The lowest BCUT2D eigenvalue weighted by atomic mass is 9.80.